The van der Waals surface area contributed by atoms with Crippen LogP contribution in [-0.4, -0.2) is 27.5 Å². The Bertz CT molecular complexity index is 838. The molecular weight excluding hydrogens is 354 g/mol. The second kappa shape index (κ2) is 8.01. The molecule has 0 unspecified atom stereocenters. The molecule has 2 aromatic heterocycles. The van der Waals surface area contributed by atoms with Gasteiger partial charge in [-0.1, -0.05) is 17.8 Å². The summed E-state index contributed by atoms with van der Waals surface area (Å²) in [6.07, 6.45) is 0.911. The first-order valence-corrected chi connectivity index (χ1v) is 9.93. The largest absolute Gasteiger partial charge is 0.494 e. The maximum absolute atomic E-state index is 5.81. The Morgan fingerprint density at radius 2 is 1.84 bits per heavy atom. The highest BCUT2D eigenvalue weighted by Crippen LogP contribution is 2.30. The number of hydrogen-bond donors (Lipinski definition) is 0. The molecule has 1 aromatic carbocycles. The lowest BCUT2D eigenvalue weighted by atomic mass is 10.1. The van der Waals surface area contributed by atoms with E-state index >= 15 is 0 Å². The molecule has 0 atom stereocenters. The summed E-state index contributed by atoms with van der Waals surface area (Å²) in [5, 5.41) is 9.83. The highest BCUT2D eigenvalue weighted by atomic mass is 32.2. The van der Waals surface area contributed by atoms with Crippen molar-refractivity contribution in [3.05, 3.63) is 40.0 Å². The summed E-state index contributed by atoms with van der Waals surface area (Å²) in [7, 11) is 0. The van der Waals surface area contributed by atoms with Gasteiger partial charge in [-0.05, 0) is 57.4 Å². The van der Waals surface area contributed by atoms with Crippen LogP contribution in [0.3, 0.4) is 0 Å². The van der Waals surface area contributed by atoms with Crippen LogP contribution in [0.15, 0.2) is 27.8 Å². The van der Waals surface area contributed by atoms with Gasteiger partial charge in [0.15, 0.2) is 0 Å². The SMILES string of the molecule is Cc1cc(C)cc(OCCCSc2nnc(-c3sc(C)nc3C)o2)c1. The molecule has 3 rings (SSSR count). The van der Waals surface area contributed by atoms with Gasteiger partial charge >= 0.3 is 0 Å². The van der Waals surface area contributed by atoms with Crippen LogP contribution in [0.1, 0.15) is 28.2 Å². The minimum Gasteiger partial charge on any atom is -0.494 e. The lowest BCUT2D eigenvalue weighted by molar-refractivity contribution is 0.318. The highest BCUT2D eigenvalue weighted by molar-refractivity contribution is 7.99. The zero-order chi connectivity index (χ0) is 17.8. The van der Waals surface area contributed by atoms with Gasteiger partial charge in [0, 0.05) is 5.75 Å². The van der Waals surface area contributed by atoms with Gasteiger partial charge in [0.2, 0.25) is 0 Å². The zero-order valence-electron chi connectivity index (χ0n) is 14.8. The van der Waals surface area contributed by atoms with Crippen molar-refractivity contribution in [1.82, 2.24) is 15.2 Å². The van der Waals surface area contributed by atoms with E-state index in [1.165, 1.54) is 11.1 Å². The normalized spacial score (nSPS) is 11.0. The van der Waals surface area contributed by atoms with Gasteiger partial charge in [0.1, 0.15) is 10.6 Å². The third kappa shape index (κ3) is 4.83. The fourth-order valence-corrected chi connectivity index (χ4v) is 4.03. The number of thiazole rings is 1. The van der Waals surface area contributed by atoms with Crippen molar-refractivity contribution >= 4 is 23.1 Å². The van der Waals surface area contributed by atoms with E-state index in [0.717, 1.165) is 33.5 Å². The van der Waals surface area contributed by atoms with Crippen molar-refractivity contribution in [2.75, 3.05) is 12.4 Å². The highest BCUT2D eigenvalue weighted by Gasteiger charge is 2.15. The van der Waals surface area contributed by atoms with Crippen LogP contribution < -0.4 is 4.74 Å². The quantitative estimate of drug-likeness (QED) is 0.428. The van der Waals surface area contributed by atoms with Crippen molar-refractivity contribution in [2.45, 2.75) is 39.3 Å². The Hall–Kier alpha value is -1.86. The Kier molecular flexibility index (Phi) is 5.75. The predicted octanol–water partition coefficient (Wildman–Crippen LogP) is 4.99. The minimum atomic E-state index is 0.553. The number of benzene rings is 1. The molecule has 0 bridgehead atoms. The second-order valence-electron chi connectivity index (χ2n) is 5.89. The van der Waals surface area contributed by atoms with Crippen molar-refractivity contribution in [1.29, 1.82) is 0 Å². The lowest BCUT2D eigenvalue weighted by Gasteiger charge is -2.07. The van der Waals surface area contributed by atoms with E-state index in [1.54, 1.807) is 23.1 Å². The molecule has 0 N–H and O–H groups in total. The average Bonchev–Trinajstić information content (AvgIpc) is 3.12. The number of rotatable bonds is 7. The first kappa shape index (κ1) is 17.9. The van der Waals surface area contributed by atoms with Crippen molar-refractivity contribution in [2.24, 2.45) is 0 Å². The van der Waals surface area contributed by atoms with E-state index in [0.29, 0.717) is 17.7 Å². The van der Waals surface area contributed by atoms with E-state index in [2.05, 4.69) is 47.2 Å². The van der Waals surface area contributed by atoms with E-state index in [9.17, 15) is 0 Å². The maximum atomic E-state index is 5.81. The molecule has 0 amide bonds. The first-order chi connectivity index (χ1) is 12.0. The number of aromatic nitrogens is 3. The Balaban J connectivity index is 1.46. The maximum Gasteiger partial charge on any atom is 0.276 e. The predicted molar refractivity (Wildman–Crippen MR) is 102 cm³/mol. The van der Waals surface area contributed by atoms with Crippen molar-refractivity contribution in [3.63, 3.8) is 0 Å². The van der Waals surface area contributed by atoms with E-state index < -0.39 is 0 Å². The minimum absolute atomic E-state index is 0.553. The average molecular weight is 376 g/mol. The molecule has 0 radical (unpaired) electrons. The van der Waals surface area contributed by atoms with Gasteiger partial charge in [-0.3, -0.25) is 0 Å². The monoisotopic (exact) mass is 375 g/mol. The lowest BCUT2D eigenvalue weighted by Crippen LogP contribution is -1.99. The van der Waals surface area contributed by atoms with Crippen LogP contribution in [0.4, 0.5) is 0 Å². The molecule has 0 aliphatic rings. The smallest absolute Gasteiger partial charge is 0.276 e. The number of ether oxygens (including phenoxy) is 1. The molecule has 0 spiro atoms. The van der Waals surface area contributed by atoms with Crippen LogP contribution in [0, 0.1) is 27.7 Å². The zero-order valence-corrected chi connectivity index (χ0v) is 16.5. The van der Waals surface area contributed by atoms with Crippen LogP contribution >= 0.6 is 23.1 Å². The van der Waals surface area contributed by atoms with Crippen LogP contribution in [0.5, 0.6) is 5.75 Å². The molecule has 132 valence electrons. The third-order valence-corrected chi connectivity index (χ3v) is 5.45. The summed E-state index contributed by atoms with van der Waals surface area (Å²) in [5.74, 6) is 2.35. The molecule has 5 nitrogen and oxygen atoms in total. The standard InChI is InChI=1S/C18H21N3O2S2/c1-11-8-12(2)10-15(9-11)22-6-5-7-24-18-21-20-17(23-18)16-13(3)19-14(4)25-16/h8-10H,5-7H2,1-4H3. The molecular formula is C18H21N3O2S2. The molecule has 0 aliphatic heterocycles. The molecule has 0 saturated carbocycles. The van der Waals surface area contributed by atoms with Gasteiger partial charge < -0.3 is 9.15 Å². The van der Waals surface area contributed by atoms with Gasteiger partial charge in [-0.15, -0.1) is 21.5 Å². The van der Waals surface area contributed by atoms with E-state index in [4.69, 9.17) is 9.15 Å². The van der Waals surface area contributed by atoms with Crippen molar-refractivity contribution in [3.8, 4) is 16.5 Å². The molecule has 7 heteroatoms. The van der Waals surface area contributed by atoms with Gasteiger partial charge in [0.05, 0.1) is 17.3 Å². The summed E-state index contributed by atoms with van der Waals surface area (Å²) in [5.41, 5.74) is 3.37. The van der Waals surface area contributed by atoms with Crippen LogP contribution in [0.2, 0.25) is 0 Å². The molecule has 0 saturated heterocycles. The summed E-state index contributed by atoms with van der Waals surface area (Å²) < 4.78 is 11.5. The number of hydrogen-bond acceptors (Lipinski definition) is 7. The summed E-state index contributed by atoms with van der Waals surface area (Å²) in [4.78, 5) is 5.35. The van der Waals surface area contributed by atoms with Crippen molar-refractivity contribution < 1.29 is 9.15 Å². The second-order valence-corrected chi connectivity index (χ2v) is 8.14. The summed E-state index contributed by atoms with van der Waals surface area (Å²) in [6.45, 7) is 8.76. The third-order valence-electron chi connectivity index (χ3n) is 3.48. The molecule has 2 heterocycles. The topological polar surface area (TPSA) is 61.0 Å². The number of thioether (sulfide) groups is 1. The van der Waals surface area contributed by atoms with Gasteiger partial charge in [0.25, 0.3) is 11.1 Å². The van der Waals surface area contributed by atoms with E-state index in [1.807, 2.05) is 13.8 Å². The Labute approximate surface area is 155 Å². The molecule has 0 aliphatic carbocycles. The fourth-order valence-electron chi connectivity index (χ4n) is 2.51. The van der Waals surface area contributed by atoms with Crippen LogP contribution in [-0.2, 0) is 0 Å². The Morgan fingerprint density at radius 3 is 2.52 bits per heavy atom. The Morgan fingerprint density at radius 1 is 1.08 bits per heavy atom. The molecule has 25 heavy (non-hydrogen) atoms. The van der Waals surface area contributed by atoms with Gasteiger partial charge in [-0.2, -0.15) is 0 Å². The summed E-state index contributed by atoms with van der Waals surface area (Å²) >= 11 is 3.13. The van der Waals surface area contributed by atoms with Gasteiger partial charge in [-0.25, -0.2) is 4.98 Å². The fraction of sp³-hybridized carbons (Fsp3) is 0.389. The van der Waals surface area contributed by atoms with Crippen LogP contribution in [0.25, 0.3) is 10.8 Å². The molecule has 3 aromatic rings. The summed E-state index contributed by atoms with van der Waals surface area (Å²) in [6, 6.07) is 6.26. The molecule has 0 fully saturated rings. The van der Waals surface area contributed by atoms with E-state index in [-0.39, 0.29) is 0 Å². The number of aryl methyl sites for hydroxylation is 4. The first-order valence-electron chi connectivity index (χ1n) is 8.13. The number of nitrogens with zero attached hydrogens (tertiary/aromatic N) is 3.